The molecule has 0 bridgehead atoms. The molecule has 100 valence electrons. The molecular formula is C11H17N3O2S2. The average Bonchev–Trinajstić information content (AvgIpc) is 3.08. The zero-order valence-corrected chi connectivity index (χ0v) is 11.9. The smallest absolute Gasteiger partial charge is 0.243 e. The standard InChI is InChI=1S/C11H17N3O2S2/c1-15-7-4-8(12-5-7)11-13-10(14-16-11)9-6-17-2-3-18-9/h7-9,12H,2-6H2,1H3/t7-,8+,9?/m0/s1. The highest BCUT2D eigenvalue weighted by molar-refractivity contribution is 8.06. The van der Waals surface area contributed by atoms with Crippen molar-refractivity contribution in [1.29, 1.82) is 0 Å². The predicted octanol–water partition coefficient (Wildman–Crippen LogP) is 1.64. The third-order valence-corrected chi connectivity index (χ3v) is 6.03. The first-order valence-corrected chi connectivity index (χ1v) is 8.36. The van der Waals surface area contributed by atoms with E-state index in [1.807, 2.05) is 23.5 Å². The number of nitrogens with one attached hydrogen (secondary N) is 1. The lowest BCUT2D eigenvalue weighted by Gasteiger charge is -2.17. The molecule has 1 unspecified atom stereocenters. The lowest BCUT2D eigenvalue weighted by Crippen LogP contribution is -2.16. The minimum Gasteiger partial charge on any atom is -0.380 e. The molecule has 2 fully saturated rings. The number of aromatic nitrogens is 2. The number of hydrogen-bond donors (Lipinski definition) is 1. The molecule has 0 radical (unpaired) electrons. The van der Waals surface area contributed by atoms with E-state index in [2.05, 4.69) is 15.5 Å². The largest absolute Gasteiger partial charge is 0.380 e. The van der Waals surface area contributed by atoms with E-state index in [1.165, 1.54) is 11.5 Å². The molecule has 0 saturated carbocycles. The Morgan fingerprint density at radius 1 is 1.44 bits per heavy atom. The Morgan fingerprint density at radius 3 is 3.11 bits per heavy atom. The summed E-state index contributed by atoms with van der Waals surface area (Å²) in [6, 6.07) is 0.150. The van der Waals surface area contributed by atoms with Crippen LogP contribution in [0, 0.1) is 0 Å². The van der Waals surface area contributed by atoms with Crippen molar-refractivity contribution < 1.29 is 9.26 Å². The molecule has 2 aliphatic rings. The number of hydrogen-bond acceptors (Lipinski definition) is 7. The Hall–Kier alpha value is -0.240. The molecule has 0 amide bonds. The Labute approximate surface area is 115 Å². The van der Waals surface area contributed by atoms with Crippen LogP contribution in [0.3, 0.4) is 0 Å². The average molecular weight is 287 g/mol. The summed E-state index contributed by atoms with van der Waals surface area (Å²) < 4.78 is 10.7. The van der Waals surface area contributed by atoms with Gasteiger partial charge in [-0.25, -0.2) is 0 Å². The van der Waals surface area contributed by atoms with E-state index in [0.717, 1.165) is 24.5 Å². The van der Waals surface area contributed by atoms with Gasteiger partial charge in [-0.3, -0.25) is 0 Å². The van der Waals surface area contributed by atoms with Gasteiger partial charge in [-0.2, -0.15) is 16.7 Å². The van der Waals surface area contributed by atoms with Crippen molar-refractivity contribution in [2.45, 2.75) is 23.8 Å². The minimum absolute atomic E-state index is 0.150. The van der Waals surface area contributed by atoms with Crippen LogP contribution in [0.25, 0.3) is 0 Å². The van der Waals surface area contributed by atoms with E-state index in [0.29, 0.717) is 11.1 Å². The van der Waals surface area contributed by atoms with Crippen LogP contribution < -0.4 is 5.32 Å². The number of nitrogens with zero attached hydrogens (tertiary/aromatic N) is 2. The van der Waals surface area contributed by atoms with Crippen LogP contribution in [-0.2, 0) is 4.74 Å². The highest BCUT2D eigenvalue weighted by Crippen LogP contribution is 2.36. The molecule has 1 aromatic rings. The maximum Gasteiger partial charge on any atom is 0.243 e. The summed E-state index contributed by atoms with van der Waals surface area (Å²) in [6.45, 7) is 0.854. The quantitative estimate of drug-likeness (QED) is 0.906. The first-order valence-electron chi connectivity index (χ1n) is 6.16. The molecule has 0 spiro atoms. The topological polar surface area (TPSA) is 60.2 Å². The summed E-state index contributed by atoms with van der Waals surface area (Å²) >= 11 is 3.89. The van der Waals surface area contributed by atoms with Gasteiger partial charge in [0.25, 0.3) is 0 Å². The Bertz CT molecular complexity index is 395. The summed E-state index contributed by atoms with van der Waals surface area (Å²) in [4.78, 5) is 4.55. The monoisotopic (exact) mass is 287 g/mol. The Morgan fingerprint density at radius 2 is 2.39 bits per heavy atom. The maximum atomic E-state index is 5.39. The van der Waals surface area contributed by atoms with E-state index in [1.54, 1.807) is 7.11 Å². The second-order valence-corrected chi connectivity index (χ2v) is 6.94. The first-order chi connectivity index (χ1) is 8.86. The highest BCUT2D eigenvalue weighted by Gasteiger charge is 2.30. The van der Waals surface area contributed by atoms with Gasteiger partial charge in [0.1, 0.15) is 0 Å². The van der Waals surface area contributed by atoms with E-state index < -0.39 is 0 Å². The van der Waals surface area contributed by atoms with Crippen LogP contribution in [0.5, 0.6) is 0 Å². The SMILES string of the molecule is CO[C@@H]1CN[C@@H](c2nc(C3CSCCS3)no2)C1. The van der Waals surface area contributed by atoms with Crippen molar-refractivity contribution in [2.24, 2.45) is 0 Å². The molecular weight excluding hydrogens is 270 g/mol. The normalized spacial score (nSPS) is 32.8. The van der Waals surface area contributed by atoms with Gasteiger partial charge >= 0.3 is 0 Å². The maximum absolute atomic E-state index is 5.39. The third kappa shape index (κ3) is 2.68. The Balaban J connectivity index is 1.66. The second kappa shape index (κ2) is 5.81. The molecule has 18 heavy (non-hydrogen) atoms. The van der Waals surface area contributed by atoms with E-state index in [9.17, 15) is 0 Å². The summed E-state index contributed by atoms with van der Waals surface area (Å²) in [7, 11) is 1.74. The van der Waals surface area contributed by atoms with Crippen LogP contribution in [0.4, 0.5) is 0 Å². The van der Waals surface area contributed by atoms with Crippen molar-refractivity contribution in [2.75, 3.05) is 30.9 Å². The first kappa shape index (κ1) is 12.8. The van der Waals surface area contributed by atoms with Gasteiger partial charge in [-0.1, -0.05) is 5.16 Å². The predicted molar refractivity (Wildman–Crippen MR) is 73.0 cm³/mol. The van der Waals surface area contributed by atoms with Gasteiger partial charge in [0.05, 0.1) is 17.4 Å². The summed E-state index contributed by atoms with van der Waals surface area (Å²) in [6.07, 6.45) is 1.16. The van der Waals surface area contributed by atoms with Crippen LogP contribution in [0.1, 0.15) is 29.4 Å². The lowest BCUT2D eigenvalue weighted by molar-refractivity contribution is 0.116. The Kier molecular flexibility index (Phi) is 4.13. The number of rotatable bonds is 3. The molecule has 0 aliphatic carbocycles. The van der Waals surface area contributed by atoms with E-state index in [-0.39, 0.29) is 12.1 Å². The number of ether oxygens (including phenoxy) is 1. The van der Waals surface area contributed by atoms with Crippen LogP contribution >= 0.6 is 23.5 Å². The van der Waals surface area contributed by atoms with Crippen molar-refractivity contribution in [3.8, 4) is 0 Å². The molecule has 3 rings (SSSR count). The summed E-state index contributed by atoms with van der Waals surface area (Å²) in [5, 5.41) is 7.88. The third-order valence-electron chi connectivity index (χ3n) is 3.28. The van der Waals surface area contributed by atoms with Crippen molar-refractivity contribution >= 4 is 23.5 Å². The zero-order valence-electron chi connectivity index (χ0n) is 10.3. The van der Waals surface area contributed by atoms with Gasteiger partial charge < -0.3 is 14.6 Å². The molecule has 2 saturated heterocycles. The van der Waals surface area contributed by atoms with Gasteiger partial charge in [0.2, 0.25) is 5.89 Å². The van der Waals surface area contributed by atoms with Crippen LogP contribution in [0.15, 0.2) is 4.52 Å². The summed E-state index contributed by atoms with van der Waals surface area (Å²) in [5.74, 6) is 5.05. The van der Waals surface area contributed by atoms with Crippen molar-refractivity contribution in [3.05, 3.63) is 11.7 Å². The van der Waals surface area contributed by atoms with Gasteiger partial charge in [0.15, 0.2) is 5.82 Å². The van der Waals surface area contributed by atoms with Gasteiger partial charge in [0, 0.05) is 30.9 Å². The van der Waals surface area contributed by atoms with Gasteiger partial charge in [-0.15, -0.1) is 11.8 Å². The van der Waals surface area contributed by atoms with Gasteiger partial charge in [-0.05, 0) is 6.42 Å². The molecule has 5 nitrogen and oxygen atoms in total. The lowest BCUT2D eigenvalue weighted by atomic mass is 10.2. The molecule has 0 aromatic carbocycles. The summed E-state index contributed by atoms with van der Waals surface area (Å²) in [5.41, 5.74) is 0. The highest BCUT2D eigenvalue weighted by atomic mass is 32.2. The fourth-order valence-electron chi connectivity index (χ4n) is 2.23. The number of thioether (sulfide) groups is 2. The molecule has 2 aliphatic heterocycles. The molecule has 1 aromatic heterocycles. The van der Waals surface area contributed by atoms with Crippen LogP contribution in [0.2, 0.25) is 0 Å². The van der Waals surface area contributed by atoms with Crippen molar-refractivity contribution in [3.63, 3.8) is 0 Å². The molecule has 3 atom stereocenters. The molecule has 3 heterocycles. The number of methoxy groups -OCH3 is 1. The zero-order chi connectivity index (χ0) is 12.4. The van der Waals surface area contributed by atoms with E-state index >= 15 is 0 Å². The van der Waals surface area contributed by atoms with Crippen LogP contribution in [-0.4, -0.2) is 47.2 Å². The molecule has 1 N–H and O–H groups in total. The fraction of sp³-hybridized carbons (Fsp3) is 0.818. The van der Waals surface area contributed by atoms with E-state index in [4.69, 9.17) is 9.26 Å². The second-order valence-electron chi connectivity index (χ2n) is 4.48. The fourth-order valence-corrected chi connectivity index (χ4v) is 4.82. The van der Waals surface area contributed by atoms with Crippen molar-refractivity contribution in [1.82, 2.24) is 15.5 Å². The minimum atomic E-state index is 0.150. The molecule has 7 heteroatoms.